The molecule has 20 heavy (non-hydrogen) atoms. The third-order valence-electron chi connectivity index (χ3n) is 5.14. The Morgan fingerprint density at radius 1 is 1.35 bits per heavy atom. The molecule has 0 saturated carbocycles. The molecule has 0 bridgehead atoms. The molecule has 0 unspecified atom stereocenters. The van der Waals surface area contributed by atoms with Crippen LogP contribution in [0.3, 0.4) is 0 Å². The first-order chi connectivity index (χ1) is 8.98. The molecule has 0 aliphatic carbocycles. The molecule has 0 aromatic rings. The van der Waals surface area contributed by atoms with Gasteiger partial charge in [-0.3, -0.25) is 0 Å². The van der Waals surface area contributed by atoms with Crippen molar-refractivity contribution in [2.24, 2.45) is 5.92 Å². The van der Waals surface area contributed by atoms with Crippen LogP contribution in [0.5, 0.6) is 0 Å². The molecule has 0 aromatic heterocycles. The predicted octanol–water partition coefficient (Wildman–Crippen LogP) is 3.96. The van der Waals surface area contributed by atoms with Crippen molar-refractivity contribution < 1.29 is 14.3 Å². The standard InChI is InChI=1S/C16H34O3Si/c1-9-10-13(19-20(7,8)15(3,4)5)12(2)14-16(6,11-17)18-14/h12-14,17H,9-11H2,1-8H3/t12-,13-,14+,16-/m1/s1. The molecule has 4 atom stereocenters. The molecule has 1 rings (SSSR count). The van der Waals surface area contributed by atoms with Crippen molar-refractivity contribution in [3.05, 3.63) is 0 Å². The van der Waals surface area contributed by atoms with Crippen molar-refractivity contribution in [1.29, 1.82) is 0 Å². The van der Waals surface area contributed by atoms with Crippen molar-refractivity contribution in [2.75, 3.05) is 6.61 Å². The van der Waals surface area contributed by atoms with Crippen LogP contribution in [0.4, 0.5) is 0 Å². The third kappa shape index (κ3) is 3.84. The number of hydrogen-bond donors (Lipinski definition) is 1. The highest BCUT2D eigenvalue weighted by atomic mass is 28.4. The number of rotatable bonds is 7. The van der Waals surface area contributed by atoms with Gasteiger partial charge in [0.05, 0.1) is 18.8 Å². The maximum Gasteiger partial charge on any atom is 0.192 e. The fraction of sp³-hybridized carbons (Fsp3) is 1.00. The van der Waals surface area contributed by atoms with Crippen LogP contribution < -0.4 is 0 Å². The zero-order chi connectivity index (χ0) is 15.8. The first-order valence-electron chi connectivity index (χ1n) is 7.95. The van der Waals surface area contributed by atoms with Crippen molar-refractivity contribution in [1.82, 2.24) is 0 Å². The molecular formula is C16H34O3Si. The molecule has 0 amide bonds. The molecule has 1 aliphatic rings. The van der Waals surface area contributed by atoms with Gasteiger partial charge in [0.1, 0.15) is 5.60 Å². The van der Waals surface area contributed by atoms with Crippen molar-refractivity contribution in [3.8, 4) is 0 Å². The Bertz CT molecular complexity index is 324. The molecule has 1 heterocycles. The first kappa shape index (κ1) is 18.1. The summed E-state index contributed by atoms with van der Waals surface area (Å²) in [7, 11) is -1.76. The lowest BCUT2D eigenvalue weighted by molar-refractivity contribution is 0.0987. The van der Waals surface area contributed by atoms with Crippen molar-refractivity contribution in [2.45, 2.75) is 90.3 Å². The van der Waals surface area contributed by atoms with E-state index in [1.54, 1.807) is 0 Å². The monoisotopic (exact) mass is 302 g/mol. The lowest BCUT2D eigenvalue weighted by Crippen LogP contribution is -2.46. The summed E-state index contributed by atoms with van der Waals surface area (Å²) < 4.78 is 12.3. The van der Waals surface area contributed by atoms with Gasteiger partial charge in [-0.15, -0.1) is 0 Å². The van der Waals surface area contributed by atoms with Gasteiger partial charge in [0.15, 0.2) is 8.32 Å². The lowest BCUT2D eigenvalue weighted by atomic mass is 9.91. The van der Waals surface area contributed by atoms with E-state index >= 15 is 0 Å². The van der Waals surface area contributed by atoms with E-state index in [1.807, 2.05) is 6.92 Å². The van der Waals surface area contributed by atoms with Crippen LogP contribution in [0, 0.1) is 5.92 Å². The van der Waals surface area contributed by atoms with E-state index in [0.717, 1.165) is 12.8 Å². The fourth-order valence-electron chi connectivity index (χ4n) is 2.51. The fourth-order valence-corrected chi connectivity index (χ4v) is 3.95. The first-order valence-corrected chi connectivity index (χ1v) is 10.9. The Hall–Kier alpha value is 0.0969. The second-order valence-electron chi connectivity index (χ2n) is 8.07. The Labute approximate surface area is 126 Å². The van der Waals surface area contributed by atoms with Crippen LogP contribution in [-0.4, -0.2) is 37.8 Å². The minimum atomic E-state index is -1.76. The molecule has 1 N–H and O–H groups in total. The molecule has 1 saturated heterocycles. The number of hydrogen-bond acceptors (Lipinski definition) is 3. The van der Waals surface area contributed by atoms with Crippen LogP contribution >= 0.6 is 0 Å². The van der Waals surface area contributed by atoms with E-state index in [1.165, 1.54) is 0 Å². The van der Waals surface area contributed by atoms with Gasteiger partial charge in [0, 0.05) is 5.92 Å². The Kier molecular flexibility index (Phi) is 5.51. The van der Waals surface area contributed by atoms with Crippen LogP contribution in [0.1, 0.15) is 54.4 Å². The SMILES string of the molecule is CCC[C@@H](O[Si](C)(C)C(C)(C)C)[C@@H](C)[C@@H]1O[C@]1(C)CO. The number of aliphatic hydroxyl groups excluding tert-OH is 1. The second kappa shape index (κ2) is 6.07. The molecule has 4 heteroatoms. The molecule has 0 aromatic carbocycles. The summed E-state index contributed by atoms with van der Waals surface area (Å²) in [5, 5.41) is 9.63. The Balaban J connectivity index is 2.75. The van der Waals surface area contributed by atoms with Crippen LogP contribution in [0.15, 0.2) is 0 Å². The van der Waals surface area contributed by atoms with E-state index in [9.17, 15) is 5.11 Å². The number of aliphatic hydroxyl groups is 1. The Morgan fingerprint density at radius 2 is 1.90 bits per heavy atom. The summed E-state index contributed by atoms with van der Waals surface area (Å²) >= 11 is 0. The summed E-state index contributed by atoms with van der Waals surface area (Å²) in [4.78, 5) is 0. The summed E-state index contributed by atoms with van der Waals surface area (Å²) in [6, 6.07) is 0. The summed E-state index contributed by atoms with van der Waals surface area (Å²) in [5.41, 5.74) is -0.345. The lowest BCUT2D eigenvalue weighted by Gasteiger charge is -2.41. The van der Waals surface area contributed by atoms with Gasteiger partial charge in [0.25, 0.3) is 0 Å². The van der Waals surface area contributed by atoms with E-state index < -0.39 is 8.32 Å². The van der Waals surface area contributed by atoms with E-state index in [0.29, 0.717) is 5.92 Å². The van der Waals surface area contributed by atoms with Gasteiger partial charge in [-0.25, -0.2) is 0 Å². The van der Waals surface area contributed by atoms with Crippen LogP contribution in [-0.2, 0) is 9.16 Å². The van der Waals surface area contributed by atoms with Gasteiger partial charge < -0.3 is 14.3 Å². The van der Waals surface area contributed by atoms with E-state index in [4.69, 9.17) is 9.16 Å². The molecule has 3 nitrogen and oxygen atoms in total. The minimum Gasteiger partial charge on any atom is -0.414 e. The smallest absolute Gasteiger partial charge is 0.192 e. The average Bonchev–Trinajstić information content (AvgIpc) is 2.99. The second-order valence-corrected chi connectivity index (χ2v) is 12.8. The largest absolute Gasteiger partial charge is 0.414 e. The molecule has 0 radical (unpaired) electrons. The molecular weight excluding hydrogens is 268 g/mol. The molecule has 1 fully saturated rings. The molecule has 0 spiro atoms. The van der Waals surface area contributed by atoms with Gasteiger partial charge in [-0.1, -0.05) is 41.0 Å². The zero-order valence-electron chi connectivity index (χ0n) is 14.6. The number of ether oxygens (including phenoxy) is 1. The van der Waals surface area contributed by atoms with Crippen molar-refractivity contribution in [3.63, 3.8) is 0 Å². The summed E-state index contributed by atoms with van der Waals surface area (Å²) in [5.74, 6) is 0.334. The topological polar surface area (TPSA) is 42.0 Å². The minimum absolute atomic E-state index is 0.0982. The quantitative estimate of drug-likeness (QED) is 0.571. The Morgan fingerprint density at radius 3 is 2.25 bits per heavy atom. The highest BCUT2D eigenvalue weighted by molar-refractivity contribution is 6.74. The van der Waals surface area contributed by atoms with E-state index in [-0.39, 0.29) is 29.5 Å². The van der Waals surface area contributed by atoms with Crippen LogP contribution in [0.2, 0.25) is 18.1 Å². The molecule has 1 aliphatic heterocycles. The van der Waals surface area contributed by atoms with Crippen LogP contribution in [0.25, 0.3) is 0 Å². The van der Waals surface area contributed by atoms with Gasteiger partial charge >= 0.3 is 0 Å². The van der Waals surface area contributed by atoms with Gasteiger partial charge in [-0.05, 0) is 31.5 Å². The zero-order valence-corrected chi connectivity index (χ0v) is 15.6. The van der Waals surface area contributed by atoms with Crippen molar-refractivity contribution >= 4 is 8.32 Å². The van der Waals surface area contributed by atoms with Gasteiger partial charge in [0.2, 0.25) is 0 Å². The van der Waals surface area contributed by atoms with E-state index in [2.05, 4.69) is 47.7 Å². The normalized spacial score (nSPS) is 30.1. The maximum atomic E-state index is 9.40. The molecule has 120 valence electrons. The summed E-state index contributed by atoms with van der Waals surface area (Å²) in [6.45, 7) is 17.9. The highest BCUT2D eigenvalue weighted by Gasteiger charge is 2.56. The average molecular weight is 303 g/mol. The highest BCUT2D eigenvalue weighted by Crippen LogP contribution is 2.45. The summed E-state index contributed by atoms with van der Waals surface area (Å²) in [6.07, 6.45) is 2.55. The maximum absolute atomic E-state index is 9.40. The predicted molar refractivity (Wildman–Crippen MR) is 86.5 cm³/mol. The number of epoxide rings is 1. The van der Waals surface area contributed by atoms with Gasteiger partial charge in [-0.2, -0.15) is 0 Å². The third-order valence-corrected chi connectivity index (χ3v) is 9.65.